The predicted octanol–water partition coefficient (Wildman–Crippen LogP) is 23.7. The van der Waals surface area contributed by atoms with Crippen molar-refractivity contribution in [3.8, 4) is 0 Å². The van der Waals surface area contributed by atoms with Crippen LogP contribution in [0.2, 0.25) is 0 Å². The molecule has 0 rings (SSSR count). The van der Waals surface area contributed by atoms with E-state index in [1.165, 1.54) is 0 Å². The molecule has 3 N–H and O–H groups in total. The number of hydrogen-bond acceptors (Lipinski definition) is 22. The largest absolute Gasteiger partial charge is 0.464 e. The minimum atomic E-state index is -0.795. The van der Waals surface area contributed by atoms with E-state index in [0.29, 0.717) is 36.6 Å². The van der Waals surface area contributed by atoms with Gasteiger partial charge in [-0.05, 0) is 274 Å². The molecule has 0 aromatic rings. The van der Waals surface area contributed by atoms with E-state index in [4.69, 9.17) is 57.8 Å². The van der Waals surface area contributed by atoms with Gasteiger partial charge in [-0.25, -0.2) is 0 Å². The summed E-state index contributed by atoms with van der Waals surface area (Å²) in [4.78, 5) is 99.8. The Labute approximate surface area is 746 Å². The molecule has 0 aliphatic rings. The smallest absolute Gasteiger partial charge is 0.323 e. The van der Waals surface area contributed by atoms with Crippen molar-refractivity contribution >= 4 is 53.1 Å². The van der Waals surface area contributed by atoms with Crippen molar-refractivity contribution in [2.75, 3.05) is 26.6 Å². The molecule has 0 radical (unpaired) electrons. The lowest BCUT2D eigenvalue weighted by Gasteiger charge is -2.30. The van der Waals surface area contributed by atoms with E-state index in [2.05, 4.69) is 100 Å². The first kappa shape index (κ1) is 140. The summed E-state index contributed by atoms with van der Waals surface area (Å²) >= 11 is 0. The van der Waals surface area contributed by atoms with Gasteiger partial charge < -0.3 is 67.9 Å². The third kappa shape index (κ3) is 131. The van der Waals surface area contributed by atoms with Crippen LogP contribution in [0.15, 0.2) is 0 Å². The Kier molecular flexibility index (Phi) is 79.5. The lowest BCUT2D eigenvalue weighted by Crippen LogP contribution is -2.38. The first-order valence-electron chi connectivity index (χ1n) is 44.5. The number of ketones is 3. The highest BCUT2D eigenvalue weighted by atomic mass is 16.7. The minimum Gasteiger partial charge on any atom is -0.464 e. The number of esters is 5. The van der Waals surface area contributed by atoms with Crippen LogP contribution in [0, 0.1) is 64.6 Å². The normalized spacial score (nSPS) is 12.4. The summed E-state index contributed by atoms with van der Waals surface area (Å²) in [7, 11) is 0. The molecule has 0 saturated carbocycles. The van der Waals surface area contributed by atoms with E-state index in [9.17, 15) is 43.2 Å². The van der Waals surface area contributed by atoms with Crippen molar-refractivity contribution in [2.24, 2.45) is 70.3 Å². The number of nitrogens with two attached hydrogens (primary N) is 1. The number of carbonyl (C=O) groups excluding carboxylic acids is 9. The molecule has 730 valence electrons. The molecule has 1 atom stereocenters. The fraction of sp³-hybridized carbons (Fsp3) is 0.908. The zero-order valence-electron chi connectivity index (χ0n) is 89.5. The summed E-state index contributed by atoms with van der Waals surface area (Å²) < 4.78 is 63.5. The Bertz CT molecular complexity index is 2520. The van der Waals surface area contributed by atoms with Crippen LogP contribution in [0.4, 0.5) is 0 Å². The van der Waals surface area contributed by atoms with Crippen molar-refractivity contribution in [3.63, 3.8) is 0 Å². The molecule has 0 spiro atoms. The van der Waals surface area contributed by atoms with Crippen LogP contribution in [-0.4, -0.2) is 161 Å². The Morgan fingerprint density at radius 3 is 0.884 bits per heavy atom. The second-order valence-corrected chi connectivity index (χ2v) is 43.9. The van der Waals surface area contributed by atoms with Crippen LogP contribution in [0.25, 0.3) is 0 Å². The van der Waals surface area contributed by atoms with Gasteiger partial charge in [0.1, 0.15) is 48.0 Å². The molecule has 1 amide bonds. The second-order valence-electron chi connectivity index (χ2n) is 43.9. The van der Waals surface area contributed by atoms with Crippen LogP contribution in [0.5, 0.6) is 0 Å². The molecule has 0 aromatic carbocycles. The minimum absolute atomic E-state index is 0.0156. The number of carbonyl (C=O) groups is 9. The topological polar surface area (TPSA) is 302 Å². The summed E-state index contributed by atoms with van der Waals surface area (Å²) in [5.74, 6) is 0.936. The molecule has 23 heteroatoms. The fourth-order valence-corrected chi connectivity index (χ4v) is 7.91. The van der Waals surface area contributed by atoms with Gasteiger partial charge >= 0.3 is 29.8 Å². The van der Waals surface area contributed by atoms with Crippen molar-refractivity contribution < 1.29 is 100.0 Å². The SMILES string of the molecule is CC(C)(C)OC(=O)CCC(N)C(=O)OC(C)(C)C.CC(C)(C)OC(C)(C)C.CC(C)(C)OCOC(C)(C)C.CC(C)C(=O)C(C)C.CC(C)C(=O)C(C)C.CC(C)C(=O)NCCOC(=O)C(C)C.CC(C)C(=O)OC(=O)C(C)(C)C.CC(C)CC(=O)C(C)C.CC(C)CCOC(C)(C)C.CC(C)OC(C)OC(C)C.CC(OC(C)(C)C)OC(C)(C)C. The molecule has 0 fully saturated rings. The zero-order chi connectivity index (χ0) is 99.7. The lowest BCUT2D eigenvalue weighted by atomic mass is 9.97. The van der Waals surface area contributed by atoms with Gasteiger partial charge in [0.25, 0.3) is 0 Å². The lowest BCUT2D eigenvalue weighted by molar-refractivity contribution is -0.224. The molecule has 0 aromatic heterocycles. The highest BCUT2D eigenvalue weighted by molar-refractivity contribution is 5.89. The number of ether oxygens (including phenoxy) is 12. The van der Waals surface area contributed by atoms with Gasteiger partial charge in [-0.1, -0.05) is 138 Å². The van der Waals surface area contributed by atoms with Gasteiger partial charge in [0.2, 0.25) is 5.91 Å². The molecule has 121 heavy (non-hydrogen) atoms. The van der Waals surface area contributed by atoms with E-state index in [0.717, 1.165) is 25.4 Å². The molecular weight excluding hydrogens is 1540 g/mol. The van der Waals surface area contributed by atoms with Crippen molar-refractivity contribution in [3.05, 3.63) is 0 Å². The third-order valence-electron chi connectivity index (χ3n) is 13.0. The second kappa shape index (κ2) is 68.8. The Morgan fingerprint density at radius 2 is 0.669 bits per heavy atom. The molecular formula is C98H202N2O21. The van der Waals surface area contributed by atoms with Crippen molar-refractivity contribution in [1.82, 2.24) is 5.32 Å². The molecule has 0 aliphatic heterocycles. The fourth-order valence-electron chi connectivity index (χ4n) is 7.91. The predicted molar refractivity (Wildman–Crippen MR) is 502 cm³/mol. The molecule has 1 unspecified atom stereocenters. The summed E-state index contributed by atoms with van der Waals surface area (Å²) in [5, 5.41) is 2.66. The van der Waals surface area contributed by atoms with Gasteiger partial charge in [0, 0.05) is 55.0 Å². The third-order valence-corrected chi connectivity index (χ3v) is 13.0. The molecule has 0 bridgehead atoms. The maximum atomic E-state index is 11.6. The maximum absolute atomic E-state index is 11.6. The highest BCUT2D eigenvalue weighted by Crippen LogP contribution is 2.21. The Balaban J connectivity index is -0.000000123. The quantitative estimate of drug-likeness (QED) is 0.0242. The number of Topliss-reactive ketones (excluding diaryl/α,β-unsaturated/α-hetero) is 3. The van der Waals surface area contributed by atoms with E-state index in [1.807, 2.05) is 208 Å². The summed E-state index contributed by atoms with van der Waals surface area (Å²) in [5.41, 5.74) is 3.48. The van der Waals surface area contributed by atoms with Gasteiger partial charge in [-0.2, -0.15) is 0 Å². The average Bonchev–Trinajstić information content (AvgIpc) is 0.955. The average molecular weight is 1740 g/mol. The van der Waals surface area contributed by atoms with E-state index >= 15 is 0 Å². The van der Waals surface area contributed by atoms with Crippen molar-refractivity contribution in [1.29, 1.82) is 0 Å². The van der Waals surface area contributed by atoms with Crippen molar-refractivity contribution in [2.45, 2.75) is 495 Å². The number of nitrogens with one attached hydrogen (secondary N) is 1. The van der Waals surface area contributed by atoms with Crippen LogP contribution in [0.3, 0.4) is 0 Å². The standard InChI is InChI=1S/C13H25NO4.C10H19NO3.C10H22O2.C9H16O3.C9H20O2.C9H20O.C8H18O2.C8H18O.C8H16O.2C7H14O/c1-12(2,3)17-10(15)8-7-9(14)11(16)18-13(4,5)6;1-7(2)9(12)11-5-6-14-10(13)8(3)4;1-8(11-9(2,3)4)12-10(5,6)7;1-6(2)7(10)12-8(11)9(3,4)5;1-8(2,3)10-7-11-9(4,5)6;1-8(2)6-7-10-9(3,4)5;1-6(2)9-8(5)10-7(3)4;1-7(2,3)9-8(4,5)6;1-6(2)5-8(9)7(3)4;2*1-5(2)7(8)6(3)4/h9H,7-8,14H2,1-6H3;7-8H,5-6H2,1-4H3,(H,11,12);8H,1-7H3;6H,1-5H3;7H2,1-6H3;8H,6-7H2,1-5H3;6-8H,1-5H3;1-6H3;6-7H,5H2,1-4H3;2*5-6H,1-4H3. The zero-order valence-corrected chi connectivity index (χ0v) is 89.5. The molecule has 23 nitrogen and oxygen atoms in total. The van der Waals surface area contributed by atoms with Crippen LogP contribution in [-0.2, 0) is 100.0 Å². The summed E-state index contributed by atoms with van der Waals surface area (Å²) in [6.45, 7) is 111. The summed E-state index contributed by atoms with van der Waals surface area (Å²) in [6, 6.07) is -0.795. The van der Waals surface area contributed by atoms with Gasteiger partial charge in [0.05, 0.1) is 75.2 Å². The Hall–Kier alpha value is -4.33. The number of hydrogen-bond donors (Lipinski definition) is 2. The van der Waals surface area contributed by atoms with Gasteiger partial charge in [0.15, 0.2) is 12.6 Å². The molecule has 0 saturated heterocycles. The number of amides is 1. The first-order chi connectivity index (χ1) is 53.2. The Morgan fingerprint density at radius 1 is 0.331 bits per heavy atom. The van der Waals surface area contributed by atoms with Gasteiger partial charge in [-0.15, -0.1) is 0 Å². The van der Waals surface area contributed by atoms with E-state index in [-0.39, 0.29) is 149 Å². The summed E-state index contributed by atoms with van der Waals surface area (Å²) in [6.07, 6.45) is 2.49. The molecule has 0 heterocycles. The maximum Gasteiger partial charge on any atom is 0.323 e. The van der Waals surface area contributed by atoms with E-state index in [1.54, 1.807) is 90.0 Å². The number of rotatable bonds is 28. The first-order valence-corrected chi connectivity index (χ1v) is 44.5. The van der Waals surface area contributed by atoms with Crippen LogP contribution >= 0.6 is 0 Å². The monoisotopic (exact) mass is 1740 g/mol. The molecule has 0 aliphatic carbocycles. The van der Waals surface area contributed by atoms with Gasteiger partial charge in [-0.3, -0.25) is 43.2 Å². The van der Waals surface area contributed by atoms with Crippen LogP contribution in [0.1, 0.15) is 413 Å². The van der Waals surface area contributed by atoms with Crippen LogP contribution < -0.4 is 11.1 Å². The van der Waals surface area contributed by atoms with E-state index < -0.39 is 40.6 Å². The highest BCUT2D eigenvalue weighted by Gasteiger charge is 2.28.